The third kappa shape index (κ3) is 3.25. The summed E-state index contributed by atoms with van der Waals surface area (Å²) in [6.07, 6.45) is 2.40. The Labute approximate surface area is 130 Å². The highest BCUT2D eigenvalue weighted by Gasteiger charge is 2.43. The molecule has 1 aromatic heterocycles. The van der Waals surface area contributed by atoms with Gasteiger partial charge in [0.1, 0.15) is 0 Å². The first-order valence-electron chi connectivity index (χ1n) is 7.30. The van der Waals surface area contributed by atoms with E-state index in [9.17, 15) is 0 Å². The second kappa shape index (κ2) is 6.30. The summed E-state index contributed by atoms with van der Waals surface area (Å²) in [6.45, 7) is 3.22. The minimum absolute atomic E-state index is 0.569. The maximum atomic E-state index is 6.04. The number of hydrogen-bond acceptors (Lipinski definition) is 2. The van der Waals surface area contributed by atoms with Crippen LogP contribution in [0, 0.1) is 5.92 Å². The molecule has 1 aliphatic carbocycles. The molecule has 106 valence electrons. The molecule has 0 amide bonds. The molecule has 0 radical (unpaired) electrons. The van der Waals surface area contributed by atoms with Gasteiger partial charge in [-0.3, -0.25) is 0 Å². The quantitative estimate of drug-likeness (QED) is 0.814. The van der Waals surface area contributed by atoms with Gasteiger partial charge < -0.3 is 5.32 Å². The van der Waals surface area contributed by atoms with Gasteiger partial charge in [-0.05, 0) is 48.9 Å². The van der Waals surface area contributed by atoms with Crippen LogP contribution in [-0.4, -0.2) is 12.6 Å². The molecule has 1 nitrogen and oxygen atoms in total. The van der Waals surface area contributed by atoms with E-state index >= 15 is 0 Å². The van der Waals surface area contributed by atoms with Crippen LogP contribution < -0.4 is 5.32 Å². The number of hydrogen-bond donors (Lipinski definition) is 1. The summed E-state index contributed by atoms with van der Waals surface area (Å²) >= 11 is 7.75. The maximum absolute atomic E-state index is 6.04. The molecular weight excluding hydrogens is 286 g/mol. The normalized spacial score (nSPS) is 22.7. The van der Waals surface area contributed by atoms with Gasteiger partial charge in [0.15, 0.2) is 0 Å². The van der Waals surface area contributed by atoms with Crippen LogP contribution in [0.4, 0.5) is 0 Å². The molecule has 0 aliphatic heterocycles. The number of benzene rings is 1. The molecule has 1 fully saturated rings. The lowest BCUT2D eigenvalue weighted by atomic mass is 10.0. The fraction of sp³-hybridized carbons (Fsp3) is 0.412. The highest BCUT2D eigenvalue weighted by atomic mass is 35.5. The Morgan fingerprint density at radius 1 is 1.25 bits per heavy atom. The van der Waals surface area contributed by atoms with Gasteiger partial charge >= 0.3 is 0 Å². The predicted molar refractivity (Wildman–Crippen MR) is 87.8 cm³/mol. The first kappa shape index (κ1) is 14.1. The second-order valence-corrected chi connectivity index (χ2v) is 7.29. The third-order valence-corrected chi connectivity index (χ3v) is 5.35. The lowest BCUT2D eigenvalue weighted by molar-refractivity contribution is 0.467. The Morgan fingerprint density at radius 2 is 2.05 bits per heavy atom. The van der Waals surface area contributed by atoms with E-state index in [1.54, 1.807) is 11.3 Å². The summed E-state index contributed by atoms with van der Waals surface area (Å²) < 4.78 is 0.894. The molecule has 2 aromatic rings. The molecule has 1 heterocycles. The number of rotatable bonds is 6. The lowest BCUT2D eigenvalue weighted by Gasteiger charge is -2.17. The van der Waals surface area contributed by atoms with Crippen LogP contribution in [0.15, 0.2) is 42.5 Å². The molecule has 20 heavy (non-hydrogen) atoms. The van der Waals surface area contributed by atoms with Crippen molar-refractivity contribution in [1.29, 1.82) is 0 Å². The van der Waals surface area contributed by atoms with Gasteiger partial charge in [-0.15, -0.1) is 11.3 Å². The summed E-state index contributed by atoms with van der Waals surface area (Å²) in [4.78, 5) is 1.39. The monoisotopic (exact) mass is 305 g/mol. The Balaban J connectivity index is 1.66. The van der Waals surface area contributed by atoms with Crippen LogP contribution in [-0.2, 0) is 6.42 Å². The van der Waals surface area contributed by atoms with Gasteiger partial charge in [0.2, 0.25) is 0 Å². The summed E-state index contributed by atoms with van der Waals surface area (Å²) in [5.74, 6) is 1.49. The van der Waals surface area contributed by atoms with Crippen molar-refractivity contribution < 1.29 is 0 Å². The summed E-state index contributed by atoms with van der Waals surface area (Å²) in [5, 5.41) is 3.67. The van der Waals surface area contributed by atoms with E-state index in [0.29, 0.717) is 6.04 Å². The summed E-state index contributed by atoms with van der Waals surface area (Å²) in [6, 6.07) is 15.6. The van der Waals surface area contributed by atoms with E-state index in [-0.39, 0.29) is 0 Å². The van der Waals surface area contributed by atoms with E-state index in [0.717, 1.165) is 29.1 Å². The van der Waals surface area contributed by atoms with E-state index < -0.39 is 0 Å². The first-order valence-corrected chi connectivity index (χ1v) is 8.50. The lowest BCUT2D eigenvalue weighted by Crippen LogP contribution is -2.33. The average Bonchev–Trinajstić information content (AvgIpc) is 3.16. The molecule has 1 aromatic carbocycles. The molecule has 0 saturated heterocycles. The average molecular weight is 306 g/mol. The van der Waals surface area contributed by atoms with E-state index in [4.69, 9.17) is 11.6 Å². The molecule has 3 unspecified atom stereocenters. The number of halogens is 1. The van der Waals surface area contributed by atoms with Crippen molar-refractivity contribution in [2.24, 2.45) is 5.92 Å². The second-order valence-electron chi connectivity index (χ2n) is 5.49. The molecule has 3 atom stereocenters. The SMILES string of the molecule is CCNC(Cc1ccc(Cl)s1)C1CC1c1ccccc1. The molecule has 1 aliphatic rings. The smallest absolute Gasteiger partial charge is 0.0931 e. The van der Waals surface area contributed by atoms with E-state index in [1.807, 2.05) is 6.07 Å². The van der Waals surface area contributed by atoms with Crippen LogP contribution >= 0.6 is 22.9 Å². The van der Waals surface area contributed by atoms with Crippen LogP contribution in [0.25, 0.3) is 0 Å². The molecular formula is C17H20ClNS. The Bertz CT molecular complexity index is 551. The Hall–Kier alpha value is -0.830. The maximum Gasteiger partial charge on any atom is 0.0931 e. The van der Waals surface area contributed by atoms with Gasteiger partial charge in [-0.25, -0.2) is 0 Å². The van der Waals surface area contributed by atoms with Crippen molar-refractivity contribution in [2.45, 2.75) is 31.7 Å². The molecule has 0 spiro atoms. The van der Waals surface area contributed by atoms with Crippen molar-refractivity contribution >= 4 is 22.9 Å². The van der Waals surface area contributed by atoms with E-state index in [2.05, 4.69) is 48.6 Å². The zero-order valence-electron chi connectivity index (χ0n) is 11.7. The van der Waals surface area contributed by atoms with Crippen molar-refractivity contribution in [1.82, 2.24) is 5.32 Å². The van der Waals surface area contributed by atoms with Crippen LogP contribution in [0.1, 0.15) is 29.7 Å². The summed E-state index contributed by atoms with van der Waals surface area (Å²) in [5.41, 5.74) is 1.49. The van der Waals surface area contributed by atoms with Gasteiger partial charge in [0.25, 0.3) is 0 Å². The Kier molecular flexibility index (Phi) is 4.45. The molecule has 3 rings (SSSR count). The zero-order valence-corrected chi connectivity index (χ0v) is 13.3. The molecule has 3 heteroatoms. The Morgan fingerprint density at radius 3 is 2.70 bits per heavy atom. The van der Waals surface area contributed by atoms with Crippen LogP contribution in [0.2, 0.25) is 4.34 Å². The summed E-state index contributed by atoms with van der Waals surface area (Å²) in [7, 11) is 0. The highest BCUT2D eigenvalue weighted by Crippen LogP contribution is 2.50. The molecule has 1 N–H and O–H groups in total. The first-order chi connectivity index (χ1) is 9.78. The van der Waals surface area contributed by atoms with Crippen molar-refractivity contribution in [3.8, 4) is 0 Å². The largest absolute Gasteiger partial charge is 0.314 e. The number of thiophene rings is 1. The molecule has 0 bridgehead atoms. The number of likely N-dealkylation sites (N-methyl/N-ethyl adjacent to an activating group) is 1. The van der Waals surface area contributed by atoms with Gasteiger partial charge in [-0.2, -0.15) is 0 Å². The standard InChI is InChI=1S/C17H20ClNS/c1-2-19-16(10-13-8-9-17(18)20-13)15-11-14(15)12-6-4-3-5-7-12/h3-9,14-16,19H,2,10-11H2,1H3. The van der Waals surface area contributed by atoms with Gasteiger partial charge in [-0.1, -0.05) is 48.9 Å². The van der Waals surface area contributed by atoms with Gasteiger partial charge in [0.05, 0.1) is 4.34 Å². The van der Waals surface area contributed by atoms with Crippen molar-refractivity contribution in [2.75, 3.05) is 6.54 Å². The third-order valence-electron chi connectivity index (χ3n) is 4.10. The fourth-order valence-corrected chi connectivity index (χ4v) is 4.20. The minimum Gasteiger partial charge on any atom is -0.314 e. The fourth-order valence-electron chi connectivity index (χ4n) is 3.06. The van der Waals surface area contributed by atoms with Crippen LogP contribution in [0.3, 0.4) is 0 Å². The van der Waals surface area contributed by atoms with E-state index in [1.165, 1.54) is 16.9 Å². The van der Waals surface area contributed by atoms with Crippen LogP contribution in [0.5, 0.6) is 0 Å². The minimum atomic E-state index is 0.569. The highest BCUT2D eigenvalue weighted by molar-refractivity contribution is 7.16. The van der Waals surface area contributed by atoms with Gasteiger partial charge in [0, 0.05) is 10.9 Å². The predicted octanol–water partition coefficient (Wildman–Crippen LogP) is 4.73. The number of nitrogens with one attached hydrogen (secondary N) is 1. The molecule has 1 saturated carbocycles. The van der Waals surface area contributed by atoms with Crippen molar-refractivity contribution in [3.63, 3.8) is 0 Å². The topological polar surface area (TPSA) is 12.0 Å². The zero-order chi connectivity index (χ0) is 13.9. The van der Waals surface area contributed by atoms with Crippen molar-refractivity contribution in [3.05, 3.63) is 57.2 Å².